The maximum absolute atomic E-state index is 13.8. The molecule has 7 heteroatoms. The van der Waals surface area contributed by atoms with E-state index in [2.05, 4.69) is 4.57 Å². The van der Waals surface area contributed by atoms with Crippen molar-refractivity contribution in [3.05, 3.63) is 84.4 Å². The van der Waals surface area contributed by atoms with Crippen LogP contribution in [0.15, 0.2) is 72.8 Å². The minimum absolute atomic E-state index is 0.0314. The standard InChI is InChI=1S/C27H26FN3O3/c1-2-33-24-12-5-6-13-25(24)34-15-14-30-23-11-4-3-10-22(23)29-27(30)19-16-26(32)31(18-19)21-9-7-8-20(28)17-21/h3-13,17,19H,2,14-16,18H2,1H3. The first-order valence-corrected chi connectivity index (χ1v) is 11.5. The highest BCUT2D eigenvalue weighted by Crippen LogP contribution is 2.33. The average Bonchev–Trinajstić information content (AvgIpc) is 3.41. The molecule has 1 atom stereocenters. The molecule has 1 aliphatic heterocycles. The number of carbonyl (C=O) groups excluding carboxylic acids is 1. The molecule has 34 heavy (non-hydrogen) atoms. The molecule has 174 valence electrons. The molecule has 1 amide bonds. The smallest absolute Gasteiger partial charge is 0.227 e. The van der Waals surface area contributed by atoms with Crippen LogP contribution in [-0.4, -0.2) is 35.2 Å². The zero-order valence-electron chi connectivity index (χ0n) is 19.0. The van der Waals surface area contributed by atoms with Gasteiger partial charge in [-0.2, -0.15) is 0 Å². The summed E-state index contributed by atoms with van der Waals surface area (Å²) in [5.74, 6) is 1.77. The van der Waals surface area contributed by atoms with Crippen LogP contribution < -0.4 is 14.4 Å². The van der Waals surface area contributed by atoms with Gasteiger partial charge in [0.2, 0.25) is 5.91 Å². The number of ether oxygens (including phenoxy) is 2. The maximum Gasteiger partial charge on any atom is 0.227 e. The number of anilines is 1. The number of nitrogens with zero attached hydrogens (tertiary/aromatic N) is 3. The van der Waals surface area contributed by atoms with Crippen molar-refractivity contribution < 1.29 is 18.7 Å². The van der Waals surface area contributed by atoms with Crippen molar-refractivity contribution >= 4 is 22.6 Å². The van der Waals surface area contributed by atoms with Gasteiger partial charge in [-0.05, 0) is 49.4 Å². The van der Waals surface area contributed by atoms with E-state index in [1.165, 1.54) is 12.1 Å². The fourth-order valence-corrected chi connectivity index (χ4v) is 4.51. The number of benzene rings is 3. The summed E-state index contributed by atoms with van der Waals surface area (Å²) in [5, 5.41) is 0. The molecule has 0 radical (unpaired) electrons. The van der Waals surface area contributed by atoms with Crippen molar-refractivity contribution in [2.75, 3.05) is 24.7 Å². The number of aromatic nitrogens is 2. The third kappa shape index (κ3) is 4.33. The Morgan fingerprint density at radius 1 is 1.00 bits per heavy atom. The van der Waals surface area contributed by atoms with Crippen molar-refractivity contribution in [3.8, 4) is 11.5 Å². The van der Waals surface area contributed by atoms with Crippen molar-refractivity contribution in [2.45, 2.75) is 25.8 Å². The number of amides is 1. The molecule has 0 bridgehead atoms. The highest BCUT2D eigenvalue weighted by molar-refractivity contribution is 5.96. The molecule has 1 aliphatic rings. The van der Waals surface area contributed by atoms with Gasteiger partial charge in [-0.15, -0.1) is 0 Å². The van der Waals surface area contributed by atoms with E-state index < -0.39 is 0 Å². The number of rotatable bonds is 8. The lowest BCUT2D eigenvalue weighted by Gasteiger charge is -2.18. The van der Waals surface area contributed by atoms with Gasteiger partial charge in [0.15, 0.2) is 11.5 Å². The van der Waals surface area contributed by atoms with E-state index >= 15 is 0 Å². The molecular formula is C27H26FN3O3. The maximum atomic E-state index is 13.8. The topological polar surface area (TPSA) is 56.6 Å². The van der Waals surface area contributed by atoms with Gasteiger partial charge in [0, 0.05) is 24.6 Å². The Bertz CT molecular complexity index is 1320. The van der Waals surface area contributed by atoms with Crippen LogP contribution in [0.25, 0.3) is 11.0 Å². The Balaban J connectivity index is 1.39. The van der Waals surface area contributed by atoms with Gasteiger partial charge in [-0.3, -0.25) is 4.79 Å². The summed E-state index contributed by atoms with van der Waals surface area (Å²) < 4.78 is 27.6. The number of carbonyl (C=O) groups is 1. The number of imidazole rings is 1. The minimum Gasteiger partial charge on any atom is -0.490 e. The number of hydrogen-bond donors (Lipinski definition) is 0. The van der Waals surface area contributed by atoms with Crippen LogP contribution in [0.5, 0.6) is 11.5 Å². The van der Waals surface area contributed by atoms with Crippen LogP contribution in [0.1, 0.15) is 25.1 Å². The van der Waals surface area contributed by atoms with Crippen LogP contribution >= 0.6 is 0 Å². The van der Waals surface area contributed by atoms with E-state index in [0.29, 0.717) is 49.9 Å². The average molecular weight is 460 g/mol. The normalized spacial score (nSPS) is 15.8. The van der Waals surface area contributed by atoms with Gasteiger partial charge < -0.3 is 18.9 Å². The first kappa shape index (κ1) is 21.9. The summed E-state index contributed by atoms with van der Waals surface area (Å²) in [5.41, 5.74) is 2.45. The zero-order valence-corrected chi connectivity index (χ0v) is 19.0. The SMILES string of the molecule is CCOc1ccccc1OCCn1c(C2CC(=O)N(c3cccc(F)c3)C2)nc2ccccc21. The van der Waals surface area contributed by atoms with Crippen LogP contribution in [0, 0.1) is 5.82 Å². The van der Waals surface area contributed by atoms with Gasteiger partial charge in [0.1, 0.15) is 18.2 Å². The summed E-state index contributed by atoms with van der Waals surface area (Å²) in [6.07, 6.45) is 0.327. The van der Waals surface area contributed by atoms with E-state index in [1.54, 1.807) is 17.0 Å². The second-order valence-electron chi connectivity index (χ2n) is 8.22. The lowest BCUT2D eigenvalue weighted by molar-refractivity contribution is -0.117. The van der Waals surface area contributed by atoms with Crippen molar-refractivity contribution in [2.24, 2.45) is 0 Å². The fourth-order valence-electron chi connectivity index (χ4n) is 4.51. The Morgan fingerprint density at radius 2 is 1.76 bits per heavy atom. The van der Waals surface area contributed by atoms with Crippen molar-refractivity contribution in [1.82, 2.24) is 9.55 Å². The molecule has 2 heterocycles. The molecule has 3 aromatic carbocycles. The number of para-hydroxylation sites is 4. The van der Waals surface area contributed by atoms with E-state index in [-0.39, 0.29) is 17.6 Å². The predicted octanol–water partition coefficient (Wildman–Crippen LogP) is 5.17. The van der Waals surface area contributed by atoms with Gasteiger partial charge >= 0.3 is 0 Å². The third-order valence-electron chi connectivity index (χ3n) is 6.02. The number of fused-ring (bicyclic) bond motifs is 1. The van der Waals surface area contributed by atoms with Gasteiger partial charge in [0.25, 0.3) is 0 Å². The number of hydrogen-bond acceptors (Lipinski definition) is 4. The first-order valence-electron chi connectivity index (χ1n) is 11.5. The van der Waals surface area contributed by atoms with Crippen LogP contribution in [0.2, 0.25) is 0 Å². The molecule has 0 N–H and O–H groups in total. The molecular weight excluding hydrogens is 433 g/mol. The van der Waals surface area contributed by atoms with Crippen molar-refractivity contribution in [1.29, 1.82) is 0 Å². The molecule has 4 aromatic rings. The molecule has 1 unspecified atom stereocenters. The van der Waals surface area contributed by atoms with E-state index in [4.69, 9.17) is 14.5 Å². The van der Waals surface area contributed by atoms with E-state index in [9.17, 15) is 9.18 Å². The minimum atomic E-state index is -0.356. The molecule has 1 aromatic heterocycles. The zero-order chi connectivity index (χ0) is 23.5. The molecule has 1 saturated heterocycles. The summed E-state index contributed by atoms with van der Waals surface area (Å²) in [4.78, 5) is 19.3. The van der Waals surface area contributed by atoms with Crippen LogP contribution in [0.3, 0.4) is 0 Å². The Morgan fingerprint density at radius 3 is 2.56 bits per heavy atom. The van der Waals surface area contributed by atoms with E-state index in [0.717, 1.165) is 16.9 Å². The number of halogens is 1. The third-order valence-corrected chi connectivity index (χ3v) is 6.02. The molecule has 0 spiro atoms. The van der Waals surface area contributed by atoms with Gasteiger partial charge in [0.05, 0.1) is 24.2 Å². The molecule has 0 aliphatic carbocycles. The van der Waals surface area contributed by atoms with Gasteiger partial charge in [-0.25, -0.2) is 9.37 Å². The summed E-state index contributed by atoms with van der Waals surface area (Å²) in [7, 11) is 0. The highest BCUT2D eigenvalue weighted by Gasteiger charge is 2.35. The Labute approximate surface area is 197 Å². The van der Waals surface area contributed by atoms with Crippen LogP contribution in [0.4, 0.5) is 10.1 Å². The largest absolute Gasteiger partial charge is 0.490 e. The molecule has 0 saturated carbocycles. The lowest BCUT2D eigenvalue weighted by Crippen LogP contribution is -2.24. The molecule has 5 rings (SSSR count). The predicted molar refractivity (Wildman–Crippen MR) is 129 cm³/mol. The molecule has 1 fully saturated rings. The second kappa shape index (κ2) is 9.55. The molecule has 6 nitrogen and oxygen atoms in total. The fraction of sp³-hybridized carbons (Fsp3) is 0.259. The van der Waals surface area contributed by atoms with Crippen molar-refractivity contribution in [3.63, 3.8) is 0 Å². The summed E-state index contributed by atoms with van der Waals surface area (Å²) in [6, 6.07) is 21.7. The monoisotopic (exact) mass is 459 g/mol. The van der Waals surface area contributed by atoms with Crippen LogP contribution in [-0.2, 0) is 11.3 Å². The second-order valence-corrected chi connectivity index (χ2v) is 8.22. The highest BCUT2D eigenvalue weighted by atomic mass is 19.1. The Hall–Kier alpha value is -3.87. The first-order chi connectivity index (χ1) is 16.6. The lowest BCUT2D eigenvalue weighted by atomic mass is 10.1. The summed E-state index contributed by atoms with van der Waals surface area (Å²) in [6.45, 7) is 3.96. The quantitative estimate of drug-likeness (QED) is 0.365. The Kier molecular flexibility index (Phi) is 6.16. The summed E-state index contributed by atoms with van der Waals surface area (Å²) >= 11 is 0. The van der Waals surface area contributed by atoms with E-state index in [1.807, 2.05) is 55.5 Å². The van der Waals surface area contributed by atoms with Gasteiger partial charge in [-0.1, -0.05) is 30.3 Å².